The molecule has 14 heavy (non-hydrogen) atoms. The largest absolute Gasteiger partial charge is 0.508 e. The highest BCUT2D eigenvalue weighted by Gasteiger charge is 2.36. The first-order valence-electron chi connectivity index (χ1n) is 3.88. The van der Waals surface area contributed by atoms with Crippen molar-refractivity contribution in [1.29, 1.82) is 0 Å². The topological polar surface area (TPSA) is 74.6 Å². The smallest absolute Gasteiger partial charge is 0.325 e. The number of phenolic OH excluding ortho intramolecular Hbond substituents is 1. The van der Waals surface area contributed by atoms with Crippen LogP contribution in [0.4, 0.5) is 0 Å². The minimum absolute atomic E-state index is 0.0429. The van der Waals surface area contributed by atoms with Crippen molar-refractivity contribution in [3.63, 3.8) is 0 Å². The second-order valence-electron chi connectivity index (χ2n) is 3.02. The molecule has 1 aromatic rings. The molecular weight excluding hydrogens is 203 g/mol. The first-order valence-corrected chi connectivity index (χ1v) is 4.69. The van der Waals surface area contributed by atoms with Gasteiger partial charge in [-0.25, -0.2) is 0 Å². The molecule has 1 rings (SSSR count). The van der Waals surface area contributed by atoms with Gasteiger partial charge in [-0.2, -0.15) is 0 Å². The molecule has 0 fully saturated rings. The van der Waals surface area contributed by atoms with Crippen molar-refractivity contribution in [2.75, 3.05) is 0 Å². The first-order chi connectivity index (χ1) is 6.50. The molecule has 0 aliphatic heterocycles. The molecule has 1 aromatic carbocycles. The molecule has 4 nitrogen and oxygen atoms in total. The minimum atomic E-state index is -1.50. The van der Waals surface area contributed by atoms with Crippen LogP contribution >= 0.6 is 8.46 Å². The van der Waals surface area contributed by atoms with E-state index in [4.69, 9.17) is 10.2 Å². The van der Waals surface area contributed by atoms with Crippen LogP contribution in [0.3, 0.4) is 0 Å². The van der Waals surface area contributed by atoms with Crippen LogP contribution in [0.25, 0.3) is 0 Å². The molecular formula is C9H9O4P. The average Bonchev–Trinajstić information content (AvgIpc) is 2.16. The molecule has 1 unspecified atom stereocenters. The Morgan fingerprint density at radius 1 is 1.50 bits per heavy atom. The molecule has 74 valence electrons. The molecule has 0 aliphatic rings. The van der Waals surface area contributed by atoms with E-state index in [-0.39, 0.29) is 5.75 Å². The summed E-state index contributed by atoms with van der Waals surface area (Å²) in [7, 11) is -0.512. The molecule has 0 saturated heterocycles. The lowest BCUT2D eigenvalue weighted by Gasteiger charge is -2.16. The number of aliphatic carboxylic acids is 1. The third-order valence-electron chi connectivity index (χ3n) is 2.01. The van der Waals surface area contributed by atoms with Gasteiger partial charge in [0.15, 0.2) is 13.6 Å². The van der Waals surface area contributed by atoms with Gasteiger partial charge in [-0.05, 0) is 24.6 Å². The van der Waals surface area contributed by atoms with Crippen molar-refractivity contribution in [3.8, 4) is 5.75 Å². The Balaban J connectivity index is 3.26. The number of benzene rings is 1. The lowest BCUT2D eigenvalue weighted by Crippen LogP contribution is -2.25. The van der Waals surface area contributed by atoms with Gasteiger partial charge in [0.05, 0.1) is 0 Å². The second-order valence-corrected chi connectivity index (χ2v) is 4.10. The summed E-state index contributed by atoms with van der Waals surface area (Å²) in [6.07, 6.45) is 0. The maximum absolute atomic E-state index is 10.9. The standard InChI is InChI=1S/C9H9O4P/c1-9(14-13,8(11)12)6-3-2-4-7(10)5-6/h2-5,10H,1H3,(H,11,12). The highest BCUT2D eigenvalue weighted by Crippen LogP contribution is 2.36. The van der Waals surface area contributed by atoms with Crippen molar-refractivity contribution < 1.29 is 19.6 Å². The van der Waals surface area contributed by atoms with Crippen LogP contribution in [0.5, 0.6) is 5.75 Å². The van der Waals surface area contributed by atoms with E-state index in [1.807, 2.05) is 0 Å². The van der Waals surface area contributed by atoms with Crippen LogP contribution in [0.1, 0.15) is 12.5 Å². The minimum Gasteiger partial charge on any atom is -0.508 e. The van der Waals surface area contributed by atoms with E-state index >= 15 is 0 Å². The van der Waals surface area contributed by atoms with E-state index in [0.29, 0.717) is 5.56 Å². The summed E-state index contributed by atoms with van der Waals surface area (Å²) in [5.74, 6) is -1.24. The fourth-order valence-corrected chi connectivity index (χ4v) is 1.35. The summed E-state index contributed by atoms with van der Waals surface area (Å²) in [6, 6.07) is 5.74. The number of phenols is 1. The quantitative estimate of drug-likeness (QED) is 0.751. The Bertz CT molecular complexity index is 377. The lowest BCUT2D eigenvalue weighted by molar-refractivity contribution is -0.139. The number of hydrogen-bond donors (Lipinski definition) is 2. The number of carboxylic acids is 1. The van der Waals surface area contributed by atoms with Crippen molar-refractivity contribution in [1.82, 2.24) is 0 Å². The van der Waals surface area contributed by atoms with E-state index in [2.05, 4.69) is 0 Å². The van der Waals surface area contributed by atoms with Gasteiger partial charge in [0.25, 0.3) is 0 Å². The molecule has 5 heteroatoms. The van der Waals surface area contributed by atoms with Crippen molar-refractivity contribution in [2.45, 2.75) is 12.1 Å². The van der Waals surface area contributed by atoms with E-state index in [0.717, 1.165) is 0 Å². The normalized spacial score (nSPS) is 14.9. The van der Waals surface area contributed by atoms with E-state index in [9.17, 15) is 9.36 Å². The van der Waals surface area contributed by atoms with Crippen LogP contribution in [-0.2, 0) is 14.5 Å². The summed E-state index contributed by atoms with van der Waals surface area (Å²) < 4.78 is 10.8. The van der Waals surface area contributed by atoms with Gasteiger partial charge in [-0.1, -0.05) is 12.1 Å². The lowest BCUT2D eigenvalue weighted by atomic mass is 10.0. The van der Waals surface area contributed by atoms with Gasteiger partial charge >= 0.3 is 5.97 Å². The zero-order chi connectivity index (χ0) is 10.8. The maximum atomic E-state index is 10.9. The van der Waals surface area contributed by atoms with Gasteiger partial charge in [0, 0.05) is 0 Å². The molecule has 0 amide bonds. The maximum Gasteiger partial charge on any atom is 0.325 e. The summed E-state index contributed by atoms with van der Waals surface area (Å²) in [5.41, 5.74) is 0.307. The third-order valence-corrected chi connectivity index (χ3v) is 2.82. The molecule has 0 heterocycles. The van der Waals surface area contributed by atoms with Gasteiger partial charge in [-0.3, -0.25) is 9.36 Å². The molecule has 0 spiro atoms. The summed E-state index contributed by atoms with van der Waals surface area (Å²) in [5, 5.41) is 16.5. The Morgan fingerprint density at radius 2 is 2.14 bits per heavy atom. The first kappa shape index (κ1) is 10.7. The van der Waals surface area contributed by atoms with Gasteiger partial charge in [-0.15, -0.1) is 0 Å². The zero-order valence-electron chi connectivity index (χ0n) is 7.47. The van der Waals surface area contributed by atoms with Gasteiger partial charge in [0.2, 0.25) is 0 Å². The Kier molecular flexibility index (Phi) is 2.87. The summed E-state index contributed by atoms with van der Waals surface area (Å²) in [6.45, 7) is 1.33. The monoisotopic (exact) mass is 212 g/mol. The van der Waals surface area contributed by atoms with Crippen molar-refractivity contribution >= 4 is 14.4 Å². The number of aromatic hydroxyl groups is 1. The fraction of sp³-hybridized carbons (Fsp3) is 0.222. The Labute approximate surface area is 82.4 Å². The van der Waals surface area contributed by atoms with E-state index in [1.165, 1.54) is 31.2 Å². The molecule has 0 aromatic heterocycles. The Morgan fingerprint density at radius 3 is 2.57 bits per heavy atom. The SMILES string of the molecule is CC(P=O)(C(=O)O)c1cccc(O)c1. The van der Waals surface area contributed by atoms with Crippen LogP contribution in [-0.4, -0.2) is 16.2 Å². The number of rotatable bonds is 3. The molecule has 0 saturated carbocycles. The Hall–Kier alpha value is -1.41. The third kappa shape index (κ3) is 1.75. The van der Waals surface area contributed by atoms with Crippen LogP contribution in [0, 0.1) is 0 Å². The van der Waals surface area contributed by atoms with Crippen molar-refractivity contribution in [3.05, 3.63) is 29.8 Å². The number of carboxylic acid groups (broad SMARTS) is 1. The number of carbonyl (C=O) groups is 1. The highest BCUT2D eigenvalue weighted by atomic mass is 31.1. The average molecular weight is 212 g/mol. The molecule has 0 bridgehead atoms. The van der Waals surface area contributed by atoms with Gasteiger partial charge in [0.1, 0.15) is 5.75 Å². The predicted molar refractivity (Wildman–Crippen MR) is 50.7 cm³/mol. The van der Waals surface area contributed by atoms with Crippen LogP contribution < -0.4 is 0 Å². The zero-order valence-corrected chi connectivity index (χ0v) is 8.36. The predicted octanol–water partition coefficient (Wildman–Crippen LogP) is 1.98. The molecule has 0 aliphatic carbocycles. The molecule has 1 atom stereocenters. The van der Waals surface area contributed by atoms with Crippen LogP contribution in [0.15, 0.2) is 24.3 Å². The van der Waals surface area contributed by atoms with E-state index < -0.39 is 19.6 Å². The fourth-order valence-electron chi connectivity index (χ4n) is 1.02. The summed E-state index contributed by atoms with van der Waals surface area (Å²) >= 11 is 0. The summed E-state index contributed by atoms with van der Waals surface area (Å²) in [4.78, 5) is 10.9. The van der Waals surface area contributed by atoms with Crippen LogP contribution in [0.2, 0.25) is 0 Å². The number of hydrogen-bond acceptors (Lipinski definition) is 3. The van der Waals surface area contributed by atoms with Crippen molar-refractivity contribution in [2.24, 2.45) is 0 Å². The highest BCUT2D eigenvalue weighted by molar-refractivity contribution is 7.27. The molecule has 0 radical (unpaired) electrons. The second kappa shape index (κ2) is 3.76. The molecule has 2 N–H and O–H groups in total. The van der Waals surface area contributed by atoms with E-state index in [1.54, 1.807) is 0 Å². The van der Waals surface area contributed by atoms with Gasteiger partial charge < -0.3 is 10.2 Å².